The van der Waals surface area contributed by atoms with E-state index in [2.05, 4.69) is 34.9 Å². The van der Waals surface area contributed by atoms with Crippen molar-refractivity contribution in [2.45, 2.75) is 38.8 Å². The van der Waals surface area contributed by atoms with Gasteiger partial charge in [0.05, 0.1) is 6.04 Å². The molecule has 1 amide bonds. The Morgan fingerprint density at radius 2 is 1.70 bits per heavy atom. The van der Waals surface area contributed by atoms with E-state index in [9.17, 15) is 4.79 Å². The van der Waals surface area contributed by atoms with Gasteiger partial charge in [0, 0.05) is 11.7 Å². The van der Waals surface area contributed by atoms with Gasteiger partial charge in [-0.2, -0.15) is 0 Å². The Bertz CT molecular complexity index is 664. The number of nitrogens with one attached hydrogen (secondary N) is 2. The Balaban J connectivity index is 1.66. The molecule has 1 fully saturated rings. The summed E-state index contributed by atoms with van der Waals surface area (Å²) in [7, 11) is 0. The van der Waals surface area contributed by atoms with Crippen LogP contribution in [-0.4, -0.2) is 11.9 Å². The zero-order valence-corrected chi connectivity index (χ0v) is 13.8. The molecule has 0 heterocycles. The van der Waals surface area contributed by atoms with Crippen LogP contribution in [0.2, 0.25) is 0 Å². The molecule has 2 aromatic carbocycles. The molecule has 3 rings (SSSR count). The fourth-order valence-corrected chi connectivity index (χ4v) is 2.89. The fourth-order valence-electron chi connectivity index (χ4n) is 2.89. The average Bonchev–Trinajstić information content (AvgIpc) is 3.40. The SMILES string of the molecule is Cc1ccccc1NC(=O)[C@H](C)N[C@@H](c1ccccc1)C1CC1. The standard InChI is InChI=1S/C20H24N2O/c1-14-8-6-7-11-18(14)22-20(23)15(2)21-19(17-12-13-17)16-9-4-3-5-10-16/h3-11,15,17,19,21H,12-13H2,1-2H3,(H,22,23)/t15-,19-/m0/s1. The third-order valence-electron chi connectivity index (χ3n) is 4.48. The predicted molar refractivity (Wildman–Crippen MR) is 94.3 cm³/mol. The average molecular weight is 308 g/mol. The van der Waals surface area contributed by atoms with Crippen molar-refractivity contribution in [2.24, 2.45) is 5.92 Å². The van der Waals surface area contributed by atoms with Crippen molar-refractivity contribution < 1.29 is 4.79 Å². The summed E-state index contributed by atoms with van der Waals surface area (Å²) in [5.74, 6) is 0.659. The molecule has 0 aliphatic heterocycles. The number of amides is 1. The van der Waals surface area contributed by atoms with Crippen LogP contribution in [-0.2, 0) is 4.79 Å². The Labute approximate surface area is 138 Å². The molecule has 3 heteroatoms. The normalized spacial score (nSPS) is 16.6. The summed E-state index contributed by atoms with van der Waals surface area (Å²) in [6, 6.07) is 18.3. The van der Waals surface area contributed by atoms with Crippen LogP contribution in [0.4, 0.5) is 5.69 Å². The molecule has 0 unspecified atom stereocenters. The monoisotopic (exact) mass is 308 g/mol. The van der Waals surface area contributed by atoms with Crippen LogP contribution >= 0.6 is 0 Å². The summed E-state index contributed by atoms with van der Waals surface area (Å²) in [6.45, 7) is 3.94. The molecule has 1 aliphatic rings. The van der Waals surface area contributed by atoms with E-state index in [1.54, 1.807) is 0 Å². The van der Waals surface area contributed by atoms with Crippen molar-refractivity contribution >= 4 is 11.6 Å². The number of rotatable bonds is 6. The lowest BCUT2D eigenvalue weighted by molar-refractivity contribution is -0.118. The van der Waals surface area contributed by atoms with Crippen molar-refractivity contribution in [2.75, 3.05) is 5.32 Å². The van der Waals surface area contributed by atoms with Gasteiger partial charge in [0.25, 0.3) is 0 Å². The molecular weight excluding hydrogens is 284 g/mol. The van der Waals surface area contributed by atoms with Crippen LogP contribution in [0.5, 0.6) is 0 Å². The van der Waals surface area contributed by atoms with E-state index in [1.807, 2.05) is 44.2 Å². The summed E-state index contributed by atoms with van der Waals surface area (Å²) in [5, 5.41) is 6.55. The molecule has 1 saturated carbocycles. The highest BCUT2D eigenvalue weighted by atomic mass is 16.2. The van der Waals surface area contributed by atoms with E-state index in [-0.39, 0.29) is 18.0 Å². The minimum atomic E-state index is -0.236. The van der Waals surface area contributed by atoms with Crippen molar-refractivity contribution in [3.63, 3.8) is 0 Å². The van der Waals surface area contributed by atoms with E-state index < -0.39 is 0 Å². The Hall–Kier alpha value is -2.13. The molecule has 0 bridgehead atoms. The van der Waals surface area contributed by atoms with Crippen molar-refractivity contribution in [1.82, 2.24) is 5.32 Å². The minimum absolute atomic E-state index is 0.0147. The number of aryl methyl sites for hydroxylation is 1. The fraction of sp³-hybridized carbons (Fsp3) is 0.350. The molecule has 23 heavy (non-hydrogen) atoms. The quantitative estimate of drug-likeness (QED) is 0.845. The third-order valence-corrected chi connectivity index (χ3v) is 4.48. The maximum Gasteiger partial charge on any atom is 0.241 e. The van der Waals surface area contributed by atoms with E-state index in [4.69, 9.17) is 0 Å². The summed E-state index contributed by atoms with van der Waals surface area (Å²) >= 11 is 0. The van der Waals surface area contributed by atoms with Gasteiger partial charge in [0.2, 0.25) is 5.91 Å². The first-order valence-corrected chi connectivity index (χ1v) is 8.32. The van der Waals surface area contributed by atoms with Crippen molar-refractivity contribution in [3.8, 4) is 0 Å². The van der Waals surface area contributed by atoms with Crippen molar-refractivity contribution in [3.05, 3.63) is 65.7 Å². The van der Waals surface area contributed by atoms with E-state index >= 15 is 0 Å². The van der Waals surface area contributed by atoms with Gasteiger partial charge < -0.3 is 5.32 Å². The highest BCUT2D eigenvalue weighted by Gasteiger charge is 2.33. The lowest BCUT2D eigenvalue weighted by Gasteiger charge is -2.23. The summed E-state index contributed by atoms with van der Waals surface area (Å²) in [6.07, 6.45) is 2.47. The van der Waals surface area contributed by atoms with Gasteiger partial charge >= 0.3 is 0 Å². The van der Waals surface area contributed by atoms with Gasteiger partial charge in [-0.05, 0) is 49.8 Å². The number of carbonyl (C=O) groups is 1. The Morgan fingerprint density at radius 3 is 2.35 bits per heavy atom. The predicted octanol–water partition coefficient (Wildman–Crippen LogP) is 4.06. The molecule has 3 nitrogen and oxygen atoms in total. The lowest BCUT2D eigenvalue weighted by atomic mass is 10.0. The number of para-hydroxylation sites is 1. The Kier molecular flexibility index (Phi) is 4.77. The Morgan fingerprint density at radius 1 is 1.04 bits per heavy atom. The van der Waals surface area contributed by atoms with Crippen molar-refractivity contribution in [1.29, 1.82) is 0 Å². The zero-order valence-electron chi connectivity index (χ0n) is 13.8. The van der Waals surface area contributed by atoms with Gasteiger partial charge in [-0.1, -0.05) is 48.5 Å². The van der Waals surface area contributed by atoms with Gasteiger partial charge in [0.15, 0.2) is 0 Å². The molecule has 120 valence electrons. The first-order chi connectivity index (χ1) is 11.1. The minimum Gasteiger partial charge on any atom is -0.324 e. The molecule has 2 aromatic rings. The summed E-state index contributed by atoms with van der Waals surface area (Å²) < 4.78 is 0. The highest BCUT2D eigenvalue weighted by Crippen LogP contribution is 2.41. The van der Waals surface area contributed by atoms with Crippen LogP contribution in [0.15, 0.2) is 54.6 Å². The number of benzene rings is 2. The first kappa shape index (κ1) is 15.8. The number of hydrogen-bond acceptors (Lipinski definition) is 2. The van der Waals surface area contributed by atoms with Crippen LogP contribution in [0.3, 0.4) is 0 Å². The highest BCUT2D eigenvalue weighted by molar-refractivity contribution is 5.95. The van der Waals surface area contributed by atoms with Crippen LogP contribution in [0.1, 0.15) is 36.9 Å². The van der Waals surface area contributed by atoms with Gasteiger partial charge in [-0.15, -0.1) is 0 Å². The molecule has 0 spiro atoms. The number of hydrogen-bond donors (Lipinski definition) is 2. The largest absolute Gasteiger partial charge is 0.324 e. The number of carbonyl (C=O) groups excluding carboxylic acids is 1. The smallest absolute Gasteiger partial charge is 0.241 e. The molecule has 2 atom stereocenters. The molecule has 0 radical (unpaired) electrons. The topological polar surface area (TPSA) is 41.1 Å². The summed E-state index contributed by atoms with van der Waals surface area (Å²) in [5.41, 5.74) is 3.23. The maximum absolute atomic E-state index is 12.5. The van der Waals surface area contributed by atoms with Gasteiger partial charge in [-0.3, -0.25) is 10.1 Å². The molecule has 2 N–H and O–H groups in total. The lowest BCUT2D eigenvalue weighted by Crippen LogP contribution is -2.41. The van der Waals surface area contributed by atoms with Crippen LogP contribution < -0.4 is 10.6 Å². The van der Waals surface area contributed by atoms with Gasteiger partial charge in [-0.25, -0.2) is 0 Å². The number of anilines is 1. The molecule has 0 aromatic heterocycles. The van der Waals surface area contributed by atoms with E-state index in [0.717, 1.165) is 11.3 Å². The van der Waals surface area contributed by atoms with Crippen LogP contribution in [0.25, 0.3) is 0 Å². The third kappa shape index (κ3) is 3.99. The van der Waals surface area contributed by atoms with Crippen LogP contribution in [0, 0.1) is 12.8 Å². The molecule has 0 saturated heterocycles. The second kappa shape index (κ2) is 6.97. The maximum atomic E-state index is 12.5. The zero-order chi connectivity index (χ0) is 16.2. The second-order valence-electron chi connectivity index (χ2n) is 6.42. The molecule has 1 aliphatic carbocycles. The van der Waals surface area contributed by atoms with E-state index in [1.165, 1.54) is 18.4 Å². The van der Waals surface area contributed by atoms with E-state index in [0.29, 0.717) is 5.92 Å². The first-order valence-electron chi connectivity index (χ1n) is 8.32. The molecular formula is C20H24N2O. The van der Waals surface area contributed by atoms with Gasteiger partial charge in [0.1, 0.15) is 0 Å². The summed E-state index contributed by atoms with van der Waals surface area (Å²) in [4.78, 5) is 12.5. The second-order valence-corrected chi connectivity index (χ2v) is 6.42.